The van der Waals surface area contributed by atoms with Gasteiger partial charge in [-0.3, -0.25) is 0 Å². The van der Waals surface area contributed by atoms with E-state index in [4.69, 9.17) is 5.11 Å². The van der Waals surface area contributed by atoms with Crippen LogP contribution in [0.15, 0.2) is 60.3 Å². The van der Waals surface area contributed by atoms with Gasteiger partial charge >= 0.3 is 0 Å². The second-order valence-electron chi connectivity index (χ2n) is 3.76. The van der Waals surface area contributed by atoms with Crippen LogP contribution in [0.1, 0.15) is 25.7 Å². The second kappa shape index (κ2) is 8.93. The molecule has 0 fully saturated rings. The van der Waals surface area contributed by atoms with Crippen molar-refractivity contribution in [3.05, 3.63) is 60.3 Å². The molecule has 1 heteroatoms. The van der Waals surface area contributed by atoms with Crippen molar-refractivity contribution in [3.8, 4) is 0 Å². The average Bonchev–Trinajstić information content (AvgIpc) is 2.34. The highest BCUT2D eigenvalue weighted by atomic mass is 16.2. The Balaban J connectivity index is 2.25. The van der Waals surface area contributed by atoms with Crippen molar-refractivity contribution in [2.75, 3.05) is 6.61 Å². The summed E-state index contributed by atoms with van der Waals surface area (Å²) >= 11 is 0. The Morgan fingerprint density at radius 1 is 1.00 bits per heavy atom. The van der Waals surface area contributed by atoms with Gasteiger partial charge in [0.25, 0.3) is 0 Å². The SMILES string of the molecule is OCC=CC=CC=CC=CC1=CCCCC1. The van der Waals surface area contributed by atoms with Gasteiger partial charge in [-0.25, -0.2) is 0 Å². The fourth-order valence-corrected chi connectivity index (χ4v) is 1.59. The number of hydrogen-bond donors (Lipinski definition) is 1. The van der Waals surface area contributed by atoms with E-state index < -0.39 is 0 Å². The van der Waals surface area contributed by atoms with Gasteiger partial charge in [0.05, 0.1) is 6.61 Å². The third-order valence-corrected chi connectivity index (χ3v) is 2.43. The van der Waals surface area contributed by atoms with E-state index in [0.29, 0.717) is 0 Å². The van der Waals surface area contributed by atoms with Crippen molar-refractivity contribution in [2.45, 2.75) is 25.7 Å². The Morgan fingerprint density at radius 3 is 2.44 bits per heavy atom. The van der Waals surface area contributed by atoms with E-state index in [9.17, 15) is 0 Å². The van der Waals surface area contributed by atoms with E-state index in [0.717, 1.165) is 0 Å². The van der Waals surface area contributed by atoms with Crippen LogP contribution in [0.3, 0.4) is 0 Å². The molecule has 0 spiro atoms. The Bertz CT molecular complexity index is 316. The first-order chi connectivity index (χ1) is 7.93. The van der Waals surface area contributed by atoms with E-state index in [1.807, 2.05) is 30.4 Å². The standard InChI is InChI=1S/C15H20O/c16-14-10-5-3-1-2-4-7-11-15-12-8-6-9-13-15/h1-5,7,10-12,16H,6,8-9,13-14H2. The van der Waals surface area contributed by atoms with E-state index in [-0.39, 0.29) is 6.61 Å². The molecule has 0 radical (unpaired) electrons. The van der Waals surface area contributed by atoms with Crippen LogP contribution in [0.5, 0.6) is 0 Å². The van der Waals surface area contributed by atoms with Crippen LogP contribution in [0.25, 0.3) is 0 Å². The van der Waals surface area contributed by atoms with Crippen LogP contribution >= 0.6 is 0 Å². The lowest BCUT2D eigenvalue weighted by molar-refractivity contribution is 0.343. The molecule has 86 valence electrons. The molecule has 0 bridgehead atoms. The molecule has 1 N–H and O–H groups in total. The van der Waals surface area contributed by atoms with E-state index in [1.54, 1.807) is 6.08 Å². The molecular formula is C15H20O. The molecule has 1 aliphatic carbocycles. The fourth-order valence-electron chi connectivity index (χ4n) is 1.59. The summed E-state index contributed by atoms with van der Waals surface area (Å²) < 4.78 is 0. The van der Waals surface area contributed by atoms with E-state index in [1.165, 1.54) is 31.3 Å². The molecule has 0 atom stereocenters. The molecule has 1 rings (SSSR count). The van der Waals surface area contributed by atoms with Gasteiger partial charge in [-0.05, 0) is 25.7 Å². The first-order valence-electron chi connectivity index (χ1n) is 5.90. The quantitative estimate of drug-likeness (QED) is 0.695. The summed E-state index contributed by atoms with van der Waals surface area (Å²) in [5.74, 6) is 0. The predicted octanol–water partition coefficient (Wildman–Crippen LogP) is 3.70. The van der Waals surface area contributed by atoms with E-state index in [2.05, 4.69) is 18.2 Å². The van der Waals surface area contributed by atoms with Crippen LogP contribution in [-0.4, -0.2) is 11.7 Å². The summed E-state index contributed by atoms with van der Waals surface area (Å²) in [7, 11) is 0. The van der Waals surface area contributed by atoms with Crippen LogP contribution in [0, 0.1) is 0 Å². The highest BCUT2D eigenvalue weighted by Gasteiger charge is 1.98. The van der Waals surface area contributed by atoms with Crippen molar-refractivity contribution in [1.29, 1.82) is 0 Å². The van der Waals surface area contributed by atoms with Crippen molar-refractivity contribution in [1.82, 2.24) is 0 Å². The maximum atomic E-state index is 8.50. The summed E-state index contributed by atoms with van der Waals surface area (Å²) in [5, 5.41) is 8.50. The van der Waals surface area contributed by atoms with Crippen LogP contribution in [-0.2, 0) is 0 Å². The minimum atomic E-state index is 0.0993. The Labute approximate surface area is 98.2 Å². The lowest BCUT2D eigenvalue weighted by Gasteiger charge is -2.07. The number of allylic oxidation sites excluding steroid dienone is 9. The lowest BCUT2D eigenvalue weighted by atomic mass is 9.99. The molecule has 1 nitrogen and oxygen atoms in total. The number of rotatable bonds is 5. The predicted molar refractivity (Wildman–Crippen MR) is 70.2 cm³/mol. The molecule has 0 aromatic carbocycles. The Kier molecular flexibility index (Phi) is 7.10. The Morgan fingerprint density at radius 2 is 1.75 bits per heavy atom. The van der Waals surface area contributed by atoms with Gasteiger partial charge in [0.2, 0.25) is 0 Å². The number of aliphatic hydroxyl groups is 1. The molecule has 0 heterocycles. The fraction of sp³-hybridized carbons (Fsp3) is 0.333. The zero-order valence-electron chi connectivity index (χ0n) is 9.68. The normalized spacial score (nSPS) is 18.2. The minimum absolute atomic E-state index is 0.0993. The zero-order valence-corrected chi connectivity index (χ0v) is 9.68. The van der Waals surface area contributed by atoms with Crippen LogP contribution in [0.2, 0.25) is 0 Å². The van der Waals surface area contributed by atoms with Gasteiger partial charge in [-0.1, -0.05) is 60.3 Å². The van der Waals surface area contributed by atoms with Crippen molar-refractivity contribution < 1.29 is 5.11 Å². The summed E-state index contributed by atoms with van der Waals surface area (Å²) in [6.07, 6.45) is 23.1. The maximum absolute atomic E-state index is 8.50. The van der Waals surface area contributed by atoms with Crippen LogP contribution in [0.4, 0.5) is 0 Å². The highest BCUT2D eigenvalue weighted by molar-refractivity contribution is 5.25. The summed E-state index contributed by atoms with van der Waals surface area (Å²) in [6.45, 7) is 0.0993. The van der Waals surface area contributed by atoms with Crippen LogP contribution < -0.4 is 0 Å². The monoisotopic (exact) mass is 216 g/mol. The molecule has 0 saturated carbocycles. The van der Waals surface area contributed by atoms with Crippen molar-refractivity contribution >= 4 is 0 Å². The number of hydrogen-bond acceptors (Lipinski definition) is 1. The van der Waals surface area contributed by atoms with Gasteiger partial charge in [0.15, 0.2) is 0 Å². The molecule has 0 aromatic rings. The maximum Gasteiger partial charge on any atom is 0.0615 e. The smallest absolute Gasteiger partial charge is 0.0615 e. The van der Waals surface area contributed by atoms with Crippen molar-refractivity contribution in [3.63, 3.8) is 0 Å². The second-order valence-corrected chi connectivity index (χ2v) is 3.76. The summed E-state index contributed by atoms with van der Waals surface area (Å²) in [5.41, 5.74) is 1.46. The molecule has 0 amide bonds. The van der Waals surface area contributed by atoms with Gasteiger partial charge in [0.1, 0.15) is 0 Å². The molecule has 16 heavy (non-hydrogen) atoms. The molecule has 0 saturated heterocycles. The lowest BCUT2D eigenvalue weighted by Crippen LogP contribution is -1.87. The minimum Gasteiger partial charge on any atom is -0.392 e. The van der Waals surface area contributed by atoms with Gasteiger partial charge in [-0.15, -0.1) is 0 Å². The molecule has 0 aliphatic heterocycles. The zero-order chi connectivity index (χ0) is 11.5. The number of aliphatic hydroxyl groups excluding tert-OH is 1. The van der Waals surface area contributed by atoms with Crippen molar-refractivity contribution in [2.24, 2.45) is 0 Å². The first kappa shape index (κ1) is 12.7. The highest BCUT2D eigenvalue weighted by Crippen LogP contribution is 2.17. The topological polar surface area (TPSA) is 20.2 Å². The van der Waals surface area contributed by atoms with E-state index >= 15 is 0 Å². The largest absolute Gasteiger partial charge is 0.392 e. The first-order valence-corrected chi connectivity index (χ1v) is 5.90. The Hall–Kier alpha value is -1.34. The average molecular weight is 216 g/mol. The molecule has 0 unspecified atom stereocenters. The third kappa shape index (κ3) is 6.20. The molecular weight excluding hydrogens is 196 g/mol. The van der Waals surface area contributed by atoms with Gasteiger partial charge in [0, 0.05) is 0 Å². The molecule has 0 aromatic heterocycles. The van der Waals surface area contributed by atoms with Gasteiger partial charge in [-0.2, -0.15) is 0 Å². The van der Waals surface area contributed by atoms with Gasteiger partial charge < -0.3 is 5.11 Å². The summed E-state index contributed by atoms with van der Waals surface area (Å²) in [4.78, 5) is 0. The summed E-state index contributed by atoms with van der Waals surface area (Å²) in [6, 6.07) is 0. The third-order valence-electron chi connectivity index (χ3n) is 2.43. The molecule has 1 aliphatic rings.